The fraction of sp³-hybridized carbons (Fsp3) is 0.333. The Bertz CT molecular complexity index is 642. The molecule has 0 unspecified atom stereocenters. The minimum atomic E-state index is -0.158. The van der Waals surface area contributed by atoms with Gasteiger partial charge in [0, 0.05) is 24.3 Å². The zero-order valence-corrected chi connectivity index (χ0v) is 13.8. The van der Waals surface area contributed by atoms with Crippen molar-refractivity contribution in [3.63, 3.8) is 0 Å². The molecule has 0 spiro atoms. The molecule has 1 amide bonds. The van der Waals surface area contributed by atoms with Gasteiger partial charge >= 0.3 is 0 Å². The molecule has 22 heavy (non-hydrogen) atoms. The number of carbonyl (C=O) groups excluding carboxylic acids is 1. The summed E-state index contributed by atoms with van der Waals surface area (Å²) >= 11 is 12.0. The van der Waals surface area contributed by atoms with Gasteiger partial charge in [0.25, 0.3) is 5.91 Å². The standard InChI is InChI=1S/C15H18Cl2N4O/c1-2-5-18-6-7-19-15(22)11-9-20-21(10-11)14-4-3-12(16)8-13(14)17/h3-4,8-10,18H,2,5-7H2,1H3,(H,19,22). The van der Waals surface area contributed by atoms with Crippen LogP contribution >= 0.6 is 23.2 Å². The smallest absolute Gasteiger partial charge is 0.254 e. The van der Waals surface area contributed by atoms with Crippen LogP contribution in [0.25, 0.3) is 5.69 Å². The van der Waals surface area contributed by atoms with E-state index in [2.05, 4.69) is 22.7 Å². The summed E-state index contributed by atoms with van der Waals surface area (Å²) in [6.45, 7) is 4.37. The highest BCUT2D eigenvalue weighted by Crippen LogP contribution is 2.24. The summed E-state index contributed by atoms with van der Waals surface area (Å²) in [5.41, 5.74) is 1.16. The van der Waals surface area contributed by atoms with Gasteiger partial charge in [-0.3, -0.25) is 4.79 Å². The maximum absolute atomic E-state index is 12.0. The van der Waals surface area contributed by atoms with E-state index in [4.69, 9.17) is 23.2 Å². The minimum absolute atomic E-state index is 0.158. The van der Waals surface area contributed by atoms with Gasteiger partial charge in [-0.1, -0.05) is 30.1 Å². The lowest BCUT2D eigenvalue weighted by molar-refractivity contribution is 0.0954. The van der Waals surface area contributed by atoms with E-state index in [0.717, 1.165) is 19.5 Å². The predicted molar refractivity (Wildman–Crippen MR) is 89.1 cm³/mol. The number of benzene rings is 1. The molecular formula is C15H18Cl2N4O. The molecule has 0 radical (unpaired) electrons. The minimum Gasteiger partial charge on any atom is -0.351 e. The molecule has 118 valence electrons. The van der Waals surface area contributed by atoms with Crippen LogP contribution in [0.1, 0.15) is 23.7 Å². The lowest BCUT2D eigenvalue weighted by atomic mass is 10.3. The second kappa shape index (κ2) is 8.17. The molecule has 2 rings (SSSR count). The van der Waals surface area contributed by atoms with Crippen LogP contribution in [-0.2, 0) is 0 Å². The number of hydrogen-bond acceptors (Lipinski definition) is 3. The molecule has 2 aromatic rings. The zero-order chi connectivity index (χ0) is 15.9. The molecule has 0 aliphatic carbocycles. The lowest BCUT2D eigenvalue weighted by Crippen LogP contribution is -2.31. The second-order valence-electron chi connectivity index (χ2n) is 4.78. The average Bonchev–Trinajstić information content (AvgIpc) is 2.96. The molecule has 0 atom stereocenters. The van der Waals surface area contributed by atoms with Crippen molar-refractivity contribution >= 4 is 29.1 Å². The van der Waals surface area contributed by atoms with Crippen molar-refractivity contribution in [1.29, 1.82) is 0 Å². The normalized spacial score (nSPS) is 10.7. The van der Waals surface area contributed by atoms with Crippen LogP contribution in [0.2, 0.25) is 10.0 Å². The summed E-state index contributed by atoms with van der Waals surface area (Å²) in [7, 11) is 0. The Labute approximate surface area is 139 Å². The van der Waals surface area contributed by atoms with Crippen LogP contribution in [-0.4, -0.2) is 35.3 Å². The first-order valence-electron chi connectivity index (χ1n) is 7.11. The molecule has 1 aromatic carbocycles. The fourth-order valence-corrected chi connectivity index (χ4v) is 2.40. The van der Waals surface area contributed by atoms with Gasteiger partial charge in [0.05, 0.1) is 22.5 Å². The first-order valence-corrected chi connectivity index (χ1v) is 7.86. The van der Waals surface area contributed by atoms with Gasteiger partial charge in [-0.25, -0.2) is 4.68 Å². The number of nitrogens with one attached hydrogen (secondary N) is 2. The number of amides is 1. The highest BCUT2D eigenvalue weighted by atomic mass is 35.5. The van der Waals surface area contributed by atoms with E-state index >= 15 is 0 Å². The molecule has 1 aromatic heterocycles. The Morgan fingerprint density at radius 3 is 2.82 bits per heavy atom. The molecule has 0 fully saturated rings. The van der Waals surface area contributed by atoms with Crippen LogP contribution < -0.4 is 10.6 Å². The monoisotopic (exact) mass is 340 g/mol. The van der Waals surface area contributed by atoms with Crippen LogP contribution in [0.4, 0.5) is 0 Å². The Morgan fingerprint density at radius 1 is 1.27 bits per heavy atom. The van der Waals surface area contributed by atoms with Gasteiger partial charge in [-0.2, -0.15) is 5.10 Å². The molecule has 0 saturated carbocycles. The number of rotatable bonds is 7. The van der Waals surface area contributed by atoms with Crippen molar-refractivity contribution in [2.24, 2.45) is 0 Å². The quantitative estimate of drug-likeness (QED) is 0.762. The lowest BCUT2D eigenvalue weighted by Gasteiger charge is -2.05. The average molecular weight is 341 g/mol. The number of hydrogen-bond donors (Lipinski definition) is 2. The van der Waals surface area contributed by atoms with Crippen molar-refractivity contribution in [3.8, 4) is 5.69 Å². The Morgan fingerprint density at radius 2 is 2.09 bits per heavy atom. The van der Waals surface area contributed by atoms with E-state index in [1.165, 1.54) is 6.20 Å². The number of aromatic nitrogens is 2. The number of nitrogens with zero attached hydrogens (tertiary/aromatic N) is 2. The van der Waals surface area contributed by atoms with Crippen LogP contribution in [0, 0.1) is 0 Å². The molecule has 7 heteroatoms. The Kier molecular flexibility index (Phi) is 6.24. The van der Waals surface area contributed by atoms with Crippen molar-refractivity contribution in [1.82, 2.24) is 20.4 Å². The second-order valence-corrected chi connectivity index (χ2v) is 5.62. The first-order chi connectivity index (χ1) is 10.6. The summed E-state index contributed by atoms with van der Waals surface area (Å²) in [5.74, 6) is -0.158. The molecule has 5 nitrogen and oxygen atoms in total. The largest absolute Gasteiger partial charge is 0.351 e. The van der Waals surface area contributed by atoms with E-state index in [-0.39, 0.29) is 5.91 Å². The SMILES string of the molecule is CCCNCCNC(=O)c1cnn(-c2ccc(Cl)cc2Cl)c1. The van der Waals surface area contributed by atoms with E-state index < -0.39 is 0 Å². The summed E-state index contributed by atoms with van der Waals surface area (Å²) in [6, 6.07) is 5.12. The van der Waals surface area contributed by atoms with Gasteiger partial charge in [-0.15, -0.1) is 0 Å². The fourth-order valence-electron chi connectivity index (χ4n) is 1.91. The topological polar surface area (TPSA) is 58.9 Å². The molecule has 0 aliphatic heterocycles. The van der Waals surface area contributed by atoms with Gasteiger partial charge in [0.15, 0.2) is 0 Å². The van der Waals surface area contributed by atoms with Crippen molar-refractivity contribution in [3.05, 3.63) is 46.2 Å². The van der Waals surface area contributed by atoms with Gasteiger partial charge in [-0.05, 0) is 31.2 Å². The van der Waals surface area contributed by atoms with Crippen LogP contribution in [0.5, 0.6) is 0 Å². The third-order valence-corrected chi connectivity index (χ3v) is 3.55. The highest BCUT2D eigenvalue weighted by molar-refractivity contribution is 6.35. The molecule has 1 heterocycles. The van der Waals surface area contributed by atoms with E-state index in [1.807, 2.05) is 0 Å². The number of halogens is 2. The molecule has 0 bridgehead atoms. The van der Waals surface area contributed by atoms with Gasteiger partial charge < -0.3 is 10.6 Å². The van der Waals surface area contributed by atoms with E-state index in [1.54, 1.807) is 29.1 Å². The predicted octanol–water partition coefficient (Wildman–Crippen LogP) is 2.91. The maximum atomic E-state index is 12.0. The zero-order valence-electron chi connectivity index (χ0n) is 12.3. The van der Waals surface area contributed by atoms with E-state index in [9.17, 15) is 4.79 Å². The van der Waals surface area contributed by atoms with Gasteiger partial charge in [0.2, 0.25) is 0 Å². The third kappa shape index (κ3) is 4.47. The molecule has 2 N–H and O–H groups in total. The highest BCUT2D eigenvalue weighted by Gasteiger charge is 2.10. The van der Waals surface area contributed by atoms with Crippen LogP contribution in [0.15, 0.2) is 30.6 Å². The van der Waals surface area contributed by atoms with Crippen molar-refractivity contribution in [2.75, 3.05) is 19.6 Å². The summed E-state index contributed by atoms with van der Waals surface area (Å²) in [4.78, 5) is 12.0. The Balaban J connectivity index is 1.97. The summed E-state index contributed by atoms with van der Waals surface area (Å²) in [5, 5.41) is 11.3. The first kappa shape index (κ1) is 16.8. The van der Waals surface area contributed by atoms with E-state index in [0.29, 0.717) is 27.8 Å². The third-order valence-electron chi connectivity index (χ3n) is 3.02. The van der Waals surface area contributed by atoms with Crippen molar-refractivity contribution < 1.29 is 4.79 Å². The Hall–Kier alpha value is -1.56. The molecule has 0 saturated heterocycles. The summed E-state index contributed by atoms with van der Waals surface area (Å²) < 4.78 is 1.56. The van der Waals surface area contributed by atoms with Crippen LogP contribution in [0.3, 0.4) is 0 Å². The molecule has 0 aliphatic rings. The maximum Gasteiger partial charge on any atom is 0.254 e. The molecular weight excluding hydrogens is 323 g/mol. The van der Waals surface area contributed by atoms with Crippen molar-refractivity contribution in [2.45, 2.75) is 13.3 Å². The van der Waals surface area contributed by atoms with Gasteiger partial charge in [0.1, 0.15) is 0 Å². The summed E-state index contributed by atoms with van der Waals surface area (Å²) in [6.07, 6.45) is 4.23. The number of carbonyl (C=O) groups is 1.